The molecular weight excluding hydrogens is 363 g/mol. The van der Waals surface area contributed by atoms with Gasteiger partial charge in [-0.05, 0) is 43.9 Å². The van der Waals surface area contributed by atoms with Crippen LogP contribution in [0.1, 0.15) is 52.1 Å². The quantitative estimate of drug-likeness (QED) is 0.819. The molecule has 1 heterocycles. The number of carboxylic acid groups (broad SMARTS) is 1. The maximum atomic E-state index is 13.0. The third-order valence-electron chi connectivity index (χ3n) is 4.89. The summed E-state index contributed by atoms with van der Waals surface area (Å²) in [5, 5.41) is 11.8. The number of nitrogens with one attached hydrogen (secondary N) is 1. The molecule has 1 fully saturated rings. The minimum Gasteiger partial charge on any atom is -0.481 e. The molecule has 1 aliphatic carbocycles. The zero-order valence-corrected chi connectivity index (χ0v) is 14.5. The molecule has 0 bridgehead atoms. The molecule has 5 nitrogen and oxygen atoms in total. The number of alkyl halides is 3. The Kier molecular flexibility index (Phi) is 4.75. The third kappa shape index (κ3) is 3.70. The van der Waals surface area contributed by atoms with Crippen molar-refractivity contribution in [3.05, 3.63) is 58.5 Å². The van der Waals surface area contributed by atoms with Crippen molar-refractivity contribution in [3.8, 4) is 0 Å². The van der Waals surface area contributed by atoms with Gasteiger partial charge in [0.15, 0.2) is 0 Å². The number of aryl methyl sites for hydroxylation is 1. The molecule has 2 N–H and O–H groups in total. The molecule has 0 spiro atoms. The SMILES string of the molecule is Cc1coc(CC(=O)O)c1C(=O)NC1(c2cccc(C(F)(F)F)c2)CCC1. The van der Waals surface area contributed by atoms with Gasteiger partial charge in [-0.3, -0.25) is 9.59 Å². The average Bonchev–Trinajstić information content (AvgIpc) is 2.90. The lowest BCUT2D eigenvalue weighted by Crippen LogP contribution is -2.51. The van der Waals surface area contributed by atoms with E-state index in [0.717, 1.165) is 18.6 Å². The highest BCUT2D eigenvalue weighted by atomic mass is 19.4. The van der Waals surface area contributed by atoms with E-state index in [1.807, 2.05) is 0 Å². The van der Waals surface area contributed by atoms with Gasteiger partial charge in [0, 0.05) is 5.56 Å². The van der Waals surface area contributed by atoms with E-state index in [2.05, 4.69) is 5.32 Å². The zero-order chi connectivity index (χ0) is 19.8. The Morgan fingerprint density at radius 2 is 2.00 bits per heavy atom. The molecule has 0 atom stereocenters. The first-order valence-corrected chi connectivity index (χ1v) is 8.41. The fourth-order valence-electron chi connectivity index (χ4n) is 3.36. The van der Waals surface area contributed by atoms with Crippen molar-refractivity contribution in [2.45, 2.75) is 44.3 Å². The van der Waals surface area contributed by atoms with Crippen LogP contribution < -0.4 is 5.32 Å². The largest absolute Gasteiger partial charge is 0.481 e. The lowest BCUT2D eigenvalue weighted by molar-refractivity contribution is -0.138. The molecule has 1 aromatic carbocycles. The summed E-state index contributed by atoms with van der Waals surface area (Å²) in [5.74, 6) is -1.67. The van der Waals surface area contributed by atoms with Crippen molar-refractivity contribution >= 4 is 11.9 Å². The summed E-state index contributed by atoms with van der Waals surface area (Å²) >= 11 is 0. The van der Waals surface area contributed by atoms with Crippen LogP contribution in [0.15, 0.2) is 34.9 Å². The van der Waals surface area contributed by atoms with Crippen molar-refractivity contribution in [3.63, 3.8) is 0 Å². The predicted octanol–water partition coefficient (Wildman–Crippen LogP) is 4.04. The van der Waals surface area contributed by atoms with Crippen molar-refractivity contribution in [1.82, 2.24) is 5.32 Å². The van der Waals surface area contributed by atoms with Gasteiger partial charge >= 0.3 is 12.1 Å². The molecule has 27 heavy (non-hydrogen) atoms. The van der Waals surface area contributed by atoms with Gasteiger partial charge in [0.1, 0.15) is 12.2 Å². The first-order chi connectivity index (χ1) is 12.6. The summed E-state index contributed by atoms with van der Waals surface area (Å²) in [6.07, 6.45) is -1.85. The van der Waals surface area contributed by atoms with E-state index < -0.39 is 35.6 Å². The van der Waals surface area contributed by atoms with Crippen molar-refractivity contribution < 1.29 is 32.3 Å². The Bertz CT molecular complexity index is 881. The van der Waals surface area contributed by atoms with Crippen molar-refractivity contribution in [1.29, 1.82) is 0 Å². The number of aliphatic carboxylic acids is 1. The van der Waals surface area contributed by atoms with Gasteiger partial charge in [-0.15, -0.1) is 0 Å². The van der Waals surface area contributed by atoms with Gasteiger partial charge in [0.05, 0.1) is 22.9 Å². The standard InChI is InChI=1S/C19H18F3NO4/c1-11-10-27-14(9-15(24)25)16(11)17(26)23-18(6-3-7-18)12-4-2-5-13(8-12)19(20,21)22/h2,4-5,8,10H,3,6-7,9H2,1H3,(H,23,26)(H,24,25). The molecule has 1 saturated carbocycles. The van der Waals surface area contributed by atoms with Crippen LogP contribution in [-0.4, -0.2) is 17.0 Å². The van der Waals surface area contributed by atoms with Crippen molar-refractivity contribution in [2.75, 3.05) is 0 Å². The highest BCUT2D eigenvalue weighted by molar-refractivity contribution is 5.98. The van der Waals surface area contributed by atoms with Crippen LogP contribution in [0.4, 0.5) is 13.2 Å². The van der Waals surface area contributed by atoms with E-state index in [-0.39, 0.29) is 11.3 Å². The number of carbonyl (C=O) groups excluding carboxylic acids is 1. The number of amides is 1. The number of carbonyl (C=O) groups is 2. The summed E-state index contributed by atoms with van der Waals surface area (Å²) in [4.78, 5) is 23.8. The minimum absolute atomic E-state index is 0.0241. The summed E-state index contributed by atoms with van der Waals surface area (Å²) < 4.78 is 44.3. The average molecular weight is 381 g/mol. The maximum Gasteiger partial charge on any atom is 0.416 e. The summed E-state index contributed by atoms with van der Waals surface area (Å²) in [5.41, 5.74) is -0.690. The molecule has 2 aromatic rings. The topological polar surface area (TPSA) is 79.5 Å². The van der Waals surface area contributed by atoms with Crippen molar-refractivity contribution in [2.24, 2.45) is 0 Å². The smallest absolute Gasteiger partial charge is 0.416 e. The first kappa shape index (κ1) is 19.0. The molecule has 3 rings (SSSR count). The first-order valence-electron chi connectivity index (χ1n) is 8.41. The van der Waals surface area contributed by atoms with Gasteiger partial charge in [-0.1, -0.05) is 12.1 Å². The van der Waals surface area contributed by atoms with Crippen LogP contribution in [0.25, 0.3) is 0 Å². The molecule has 1 aliphatic rings. The minimum atomic E-state index is -4.47. The van der Waals surface area contributed by atoms with Crippen LogP contribution >= 0.6 is 0 Å². The molecule has 0 radical (unpaired) electrons. The highest BCUT2D eigenvalue weighted by Gasteiger charge is 2.42. The monoisotopic (exact) mass is 381 g/mol. The van der Waals surface area contributed by atoms with Crippen LogP contribution in [-0.2, 0) is 22.9 Å². The Morgan fingerprint density at radius 3 is 2.56 bits per heavy atom. The Hall–Kier alpha value is -2.77. The number of halogens is 3. The fraction of sp³-hybridized carbons (Fsp3) is 0.368. The molecule has 1 aromatic heterocycles. The second-order valence-electron chi connectivity index (χ2n) is 6.76. The number of hydrogen-bond donors (Lipinski definition) is 2. The molecule has 8 heteroatoms. The van der Waals surface area contributed by atoms with E-state index in [1.165, 1.54) is 12.3 Å². The number of benzene rings is 1. The van der Waals surface area contributed by atoms with E-state index in [9.17, 15) is 22.8 Å². The summed E-state index contributed by atoms with van der Waals surface area (Å²) in [7, 11) is 0. The predicted molar refractivity (Wildman–Crippen MR) is 89.2 cm³/mol. The normalized spacial score (nSPS) is 15.9. The van der Waals surface area contributed by atoms with Gasteiger partial charge in [0.2, 0.25) is 0 Å². The maximum absolute atomic E-state index is 13.0. The number of hydrogen-bond acceptors (Lipinski definition) is 3. The number of furan rings is 1. The van der Waals surface area contributed by atoms with Gasteiger partial charge in [0.25, 0.3) is 5.91 Å². The number of rotatable bonds is 5. The molecule has 0 aliphatic heterocycles. The molecule has 0 saturated heterocycles. The molecule has 0 unspecified atom stereocenters. The van der Waals surface area contributed by atoms with Crippen LogP contribution in [0.5, 0.6) is 0 Å². The molecular formula is C19H18F3NO4. The Balaban J connectivity index is 1.91. The second kappa shape index (κ2) is 6.75. The van der Waals surface area contributed by atoms with E-state index in [1.54, 1.807) is 13.0 Å². The molecule has 144 valence electrons. The second-order valence-corrected chi connectivity index (χ2v) is 6.76. The van der Waals surface area contributed by atoms with Crippen LogP contribution in [0.3, 0.4) is 0 Å². The third-order valence-corrected chi connectivity index (χ3v) is 4.89. The van der Waals surface area contributed by atoms with Crippen LogP contribution in [0.2, 0.25) is 0 Å². The van der Waals surface area contributed by atoms with Gasteiger partial charge in [-0.2, -0.15) is 13.2 Å². The van der Waals surface area contributed by atoms with Crippen LogP contribution in [0, 0.1) is 6.92 Å². The van der Waals surface area contributed by atoms with E-state index >= 15 is 0 Å². The Morgan fingerprint density at radius 1 is 1.30 bits per heavy atom. The zero-order valence-electron chi connectivity index (χ0n) is 14.5. The Labute approximate surface area is 153 Å². The van der Waals surface area contributed by atoms with E-state index in [4.69, 9.17) is 9.52 Å². The highest BCUT2D eigenvalue weighted by Crippen LogP contribution is 2.43. The summed E-state index contributed by atoms with van der Waals surface area (Å²) in [6, 6.07) is 4.93. The molecule has 1 amide bonds. The van der Waals surface area contributed by atoms with Gasteiger partial charge < -0.3 is 14.8 Å². The summed E-state index contributed by atoms with van der Waals surface area (Å²) in [6.45, 7) is 1.61. The lowest BCUT2D eigenvalue weighted by Gasteiger charge is -2.43. The van der Waals surface area contributed by atoms with Gasteiger partial charge in [-0.25, -0.2) is 0 Å². The van der Waals surface area contributed by atoms with E-state index in [0.29, 0.717) is 24.0 Å². The lowest BCUT2D eigenvalue weighted by atomic mass is 9.71. The fourth-order valence-corrected chi connectivity index (χ4v) is 3.36. The number of carboxylic acids is 1.